The first-order valence-corrected chi connectivity index (χ1v) is 10.5. The number of carbonyl (C=O) groups is 1. The Balaban J connectivity index is 1.76. The number of hydrogen-bond donors (Lipinski definition) is 0. The zero-order chi connectivity index (χ0) is 22.1. The minimum Gasteiger partial charge on any atom is -0.497 e. The average Bonchev–Trinajstić information content (AvgIpc) is 3.45. The van der Waals surface area contributed by atoms with Gasteiger partial charge in [0.15, 0.2) is 0 Å². The first-order valence-electron chi connectivity index (χ1n) is 10.5. The van der Waals surface area contributed by atoms with Crippen LogP contribution in [0.25, 0.3) is 33.2 Å². The van der Waals surface area contributed by atoms with Crippen molar-refractivity contribution >= 4 is 28.3 Å². The second-order valence-corrected chi connectivity index (χ2v) is 7.73. The molecule has 3 aromatic carbocycles. The first-order chi connectivity index (χ1) is 15.7. The number of imidazole rings is 1. The van der Waals surface area contributed by atoms with Crippen LogP contribution >= 0.6 is 0 Å². The van der Waals surface area contributed by atoms with Gasteiger partial charge in [0.1, 0.15) is 5.75 Å². The van der Waals surface area contributed by atoms with Crippen LogP contribution in [0.15, 0.2) is 73.3 Å². The third-order valence-corrected chi connectivity index (χ3v) is 5.84. The molecule has 0 unspecified atom stereocenters. The molecule has 6 nitrogen and oxygen atoms in total. The van der Waals surface area contributed by atoms with Crippen LogP contribution < -0.4 is 4.74 Å². The molecular formula is C26H23N3O3. The lowest BCUT2D eigenvalue weighted by atomic mass is 10.1. The van der Waals surface area contributed by atoms with Gasteiger partial charge >= 0.3 is 0 Å². The van der Waals surface area contributed by atoms with E-state index in [2.05, 4.69) is 65.0 Å². The number of hydrogen-bond acceptors (Lipinski definition) is 4. The summed E-state index contributed by atoms with van der Waals surface area (Å²) in [4.78, 5) is 14.7. The molecule has 2 aromatic heterocycles. The number of ether oxygens (including phenoxy) is 2. The van der Waals surface area contributed by atoms with E-state index in [4.69, 9.17) is 9.47 Å². The molecule has 0 amide bonds. The standard InChI is InChI=1S/C26H23N3O3/c1-18-13-21(31-2)5-8-24(18)29-25-7-4-20(28-11-10-27-16-28)15-23(25)22-6-3-19(14-26(22)29)9-12-32-17-30/h3-8,10-11,13-17H,9,12H2,1-2H3. The van der Waals surface area contributed by atoms with Gasteiger partial charge in [-0.1, -0.05) is 12.1 Å². The van der Waals surface area contributed by atoms with Gasteiger partial charge in [-0.2, -0.15) is 0 Å². The highest BCUT2D eigenvalue weighted by Crippen LogP contribution is 2.35. The maximum absolute atomic E-state index is 10.5. The van der Waals surface area contributed by atoms with Gasteiger partial charge in [0.2, 0.25) is 0 Å². The first kappa shape index (κ1) is 19.9. The molecule has 0 spiro atoms. The molecule has 32 heavy (non-hydrogen) atoms. The van der Waals surface area contributed by atoms with Gasteiger partial charge in [-0.15, -0.1) is 0 Å². The number of methoxy groups -OCH3 is 1. The maximum atomic E-state index is 10.5. The lowest BCUT2D eigenvalue weighted by molar-refractivity contribution is -0.128. The molecule has 0 aliphatic rings. The quantitative estimate of drug-likeness (QED) is 0.272. The van der Waals surface area contributed by atoms with Crippen molar-refractivity contribution in [1.29, 1.82) is 0 Å². The average molecular weight is 425 g/mol. The number of nitrogens with zero attached hydrogens (tertiary/aromatic N) is 3. The number of aryl methyl sites for hydroxylation is 1. The molecule has 0 saturated carbocycles. The molecule has 2 heterocycles. The molecular weight excluding hydrogens is 402 g/mol. The van der Waals surface area contributed by atoms with Crippen molar-refractivity contribution in [2.24, 2.45) is 0 Å². The van der Waals surface area contributed by atoms with E-state index in [0.29, 0.717) is 19.5 Å². The van der Waals surface area contributed by atoms with Crippen molar-refractivity contribution in [2.75, 3.05) is 13.7 Å². The number of fused-ring (bicyclic) bond motifs is 3. The Morgan fingerprint density at radius 3 is 2.66 bits per heavy atom. The van der Waals surface area contributed by atoms with Crippen LogP contribution in [0.1, 0.15) is 11.1 Å². The van der Waals surface area contributed by atoms with Gasteiger partial charge in [-0.05, 0) is 60.5 Å². The smallest absolute Gasteiger partial charge is 0.293 e. The van der Waals surface area contributed by atoms with E-state index in [-0.39, 0.29) is 0 Å². The zero-order valence-electron chi connectivity index (χ0n) is 18.0. The Bertz CT molecular complexity index is 1420. The van der Waals surface area contributed by atoms with E-state index < -0.39 is 0 Å². The van der Waals surface area contributed by atoms with Gasteiger partial charge in [0, 0.05) is 41.0 Å². The van der Waals surface area contributed by atoms with Gasteiger partial charge in [-0.25, -0.2) is 4.98 Å². The summed E-state index contributed by atoms with van der Waals surface area (Å²) < 4.78 is 14.6. The summed E-state index contributed by atoms with van der Waals surface area (Å²) in [6.07, 6.45) is 6.19. The van der Waals surface area contributed by atoms with E-state index in [1.54, 1.807) is 19.6 Å². The zero-order valence-corrected chi connectivity index (χ0v) is 18.0. The predicted octanol–water partition coefficient (Wildman–Crippen LogP) is 5.00. The highest BCUT2D eigenvalue weighted by atomic mass is 16.5. The summed E-state index contributed by atoms with van der Waals surface area (Å²) >= 11 is 0. The van der Waals surface area contributed by atoms with Gasteiger partial charge in [0.25, 0.3) is 6.47 Å². The molecule has 160 valence electrons. The molecule has 0 atom stereocenters. The lowest BCUT2D eigenvalue weighted by Gasteiger charge is -2.13. The van der Waals surface area contributed by atoms with E-state index in [1.807, 2.05) is 16.8 Å². The normalized spacial score (nSPS) is 11.2. The van der Waals surface area contributed by atoms with Crippen LogP contribution in [-0.2, 0) is 16.0 Å². The fourth-order valence-electron chi connectivity index (χ4n) is 4.27. The number of aromatic nitrogens is 3. The van der Waals surface area contributed by atoms with Crippen LogP contribution in [-0.4, -0.2) is 34.3 Å². The Morgan fingerprint density at radius 2 is 1.91 bits per heavy atom. The number of carbonyl (C=O) groups excluding carboxylic acids is 1. The van der Waals surface area contributed by atoms with Crippen LogP contribution in [0, 0.1) is 6.92 Å². The van der Waals surface area contributed by atoms with Crippen LogP contribution in [0.3, 0.4) is 0 Å². The Kier molecular flexibility index (Phi) is 5.11. The third-order valence-electron chi connectivity index (χ3n) is 5.84. The molecule has 0 saturated heterocycles. The SMILES string of the molecule is COc1ccc(-n2c3ccc(-n4ccnc4)cc3c3ccc(CCOC=O)cc32)c(C)c1. The second-order valence-electron chi connectivity index (χ2n) is 7.73. The van der Waals surface area contributed by atoms with Crippen molar-refractivity contribution < 1.29 is 14.3 Å². The van der Waals surface area contributed by atoms with E-state index >= 15 is 0 Å². The fourth-order valence-corrected chi connectivity index (χ4v) is 4.27. The van der Waals surface area contributed by atoms with Crippen molar-refractivity contribution in [2.45, 2.75) is 13.3 Å². The monoisotopic (exact) mass is 425 g/mol. The number of rotatable bonds is 7. The summed E-state index contributed by atoms with van der Waals surface area (Å²) in [7, 11) is 1.68. The van der Waals surface area contributed by atoms with Gasteiger partial charge < -0.3 is 18.6 Å². The molecule has 5 rings (SSSR count). The van der Waals surface area contributed by atoms with Crippen LogP contribution in [0.4, 0.5) is 0 Å². The van der Waals surface area contributed by atoms with Crippen molar-refractivity contribution in [3.63, 3.8) is 0 Å². The fraction of sp³-hybridized carbons (Fsp3) is 0.154. The molecule has 0 bridgehead atoms. The van der Waals surface area contributed by atoms with E-state index in [1.165, 1.54) is 0 Å². The van der Waals surface area contributed by atoms with Gasteiger partial charge in [-0.3, -0.25) is 4.79 Å². The van der Waals surface area contributed by atoms with E-state index in [9.17, 15) is 4.79 Å². The lowest BCUT2D eigenvalue weighted by Crippen LogP contribution is -1.99. The molecule has 5 aromatic rings. The highest BCUT2D eigenvalue weighted by Gasteiger charge is 2.15. The van der Waals surface area contributed by atoms with Crippen LogP contribution in [0.5, 0.6) is 5.75 Å². The second kappa shape index (κ2) is 8.23. The summed E-state index contributed by atoms with van der Waals surface area (Å²) in [5.41, 5.74) is 6.63. The molecule has 0 aliphatic carbocycles. The Labute approximate surface area is 185 Å². The minimum atomic E-state index is 0.363. The van der Waals surface area contributed by atoms with Crippen LogP contribution in [0.2, 0.25) is 0 Å². The van der Waals surface area contributed by atoms with Crippen molar-refractivity contribution in [3.8, 4) is 17.1 Å². The molecule has 6 heteroatoms. The molecule has 0 aliphatic heterocycles. The van der Waals surface area contributed by atoms with E-state index in [0.717, 1.165) is 50.1 Å². The number of benzene rings is 3. The predicted molar refractivity (Wildman–Crippen MR) is 125 cm³/mol. The largest absolute Gasteiger partial charge is 0.497 e. The van der Waals surface area contributed by atoms with Crippen molar-refractivity contribution in [1.82, 2.24) is 14.1 Å². The minimum absolute atomic E-state index is 0.363. The summed E-state index contributed by atoms with van der Waals surface area (Å²) in [6, 6.07) is 19.0. The molecule has 0 fully saturated rings. The third kappa shape index (κ3) is 3.39. The Morgan fingerprint density at radius 1 is 1.00 bits per heavy atom. The molecule has 0 N–H and O–H groups in total. The Hall–Kier alpha value is -4.06. The van der Waals surface area contributed by atoms with Gasteiger partial charge in [0.05, 0.1) is 31.1 Å². The maximum Gasteiger partial charge on any atom is 0.293 e. The summed E-state index contributed by atoms with van der Waals surface area (Å²) in [6.45, 7) is 2.95. The topological polar surface area (TPSA) is 58.3 Å². The summed E-state index contributed by atoms with van der Waals surface area (Å²) in [5, 5.41) is 2.33. The molecule has 0 radical (unpaired) electrons. The summed E-state index contributed by atoms with van der Waals surface area (Å²) in [5.74, 6) is 0.834. The highest BCUT2D eigenvalue weighted by molar-refractivity contribution is 6.10. The van der Waals surface area contributed by atoms with Crippen molar-refractivity contribution in [3.05, 3.63) is 84.4 Å².